The first-order valence-electron chi connectivity index (χ1n) is 6.57. The second kappa shape index (κ2) is 7.87. The monoisotopic (exact) mass is 334 g/mol. The van der Waals surface area contributed by atoms with Gasteiger partial charge in [-0.25, -0.2) is 0 Å². The van der Waals surface area contributed by atoms with E-state index in [1.54, 1.807) is 36.0 Å². The van der Waals surface area contributed by atoms with Crippen LogP contribution in [0.25, 0.3) is 0 Å². The highest BCUT2D eigenvalue weighted by Gasteiger charge is 2.11. The zero-order chi connectivity index (χ0) is 15.9. The van der Waals surface area contributed by atoms with Crippen molar-refractivity contribution in [2.45, 2.75) is 4.90 Å². The van der Waals surface area contributed by atoms with E-state index in [1.807, 2.05) is 30.5 Å². The summed E-state index contributed by atoms with van der Waals surface area (Å²) in [5, 5.41) is 5.62. The molecule has 4 nitrogen and oxygen atoms in total. The number of thioether (sulfide) groups is 1. The van der Waals surface area contributed by atoms with E-state index in [2.05, 4.69) is 10.6 Å². The highest BCUT2D eigenvalue weighted by molar-refractivity contribution is 7.98. The van der Waals surface area contributed by atoms with E-state index < -0.39 is 0 Å². The summed E-state index contributed by atoms with van der Waals surface area (Å²) in [6.45, 7) is -0.117. The van der Waals surface area contributed by atoms with Crippen LogP contribution in [0.1, 0.15) is 10.4 Å². The topological polar surface area (TPSA) is 58.2 Å². The molecule has 0 unspecified atom stereocenters. The Labute approximate surface area is 138 Å². The van der Waals surface area contributed by atoms with Crippen molar-refractivity contribution in [1.82, 2.24) is 5.32 Å². The van der Waals surface area contributed by atoms with Gasteiger partial charge in [-0.05, 0) is 42.7 Å². The van der Waals surface area contributed by atoms with Crippen LogP contribution in [0, 0.1) is 0 Å². The number of anilines is 1. The number of nitrogens with one attached hydrogen (secondary N) is 2. The van der Waals surface area contributed by atoms with Crippen molar-refractivity contribution in [3.63, 3.8) is 0 Å². The van der Waals surface area contributed by atoms with Gasteiger partial charge >= 0.3 is 0 Å². The van der Waals surface area contributed by atoms with Crippen LogP contribution in [0.5, 0.6) is 0 Å². The van der Waals surface area contributed by atoms with Crippen LogP contribution in [0.4, 0.5) is 5.69 Å². The summed E-state index contributed by atoms with van der Waals surface area (Å²) < 4.78 is 0. The van der Waals surface area contributed by atoms with Crippen molar-refractivity contribution in [3.8, 4) is 0 Å². The number of rotatable bonds is 5. The Balaban J connectivity index is 1.87. The second-order valence-electron chi connectivity index (χ2n) is 4.44. The van der Waals surface area contributed by atoms with E-state index in [4.69, 9.17) is 11.6 Å². The van der Waals surface area contributed by atoms with Gasteiger partial charge < -0.3 is 10.6 Å². The molecule has 0 spiro atoms. The number of carbonyl (C=O) groups excluding carboxylic acids is 2. The third-order valence-corrected chi connectivity index (χ3v) is 3.97. The van der Waals surface area contributed by atoms with E-state index in [9.17, 15) is 9.59 Å². The van der Waals surface area contributed by atoms with Crippen molar-refractivity contribution in [2.24, 2.45) is 0 Å². The Kier molecular flexibility index (Phi) is 5.86. The van der Waals surface area contributed by atoms with Crippen LogP contribution < -0.4 is 10.6 Å². The Morgan fingerprint density at radius 2 is 1.77 bits per heavy atom. The van der Waals surface area contributed by atoms with Gasteiger partial charge in [-0.2, -0.15) is 0 Å². The molecule has 0 aliphatic heterocycles. The van der Waals surface area contributed by atoms with Crippen LogP contribution in [0.3, 0.4) is 0 Å². The predicted octanol–water partition coefficient (Wildman–Crippen LogP) is 3.43. The van der Waals surface area contributed by atoms with Crippen molar-refractivity contribution >= 4 is 40.9 Å². The quantitative estimate of drug-likeness (QED) is 0.824. The van der Waals surface area contributed by atoms with Crippen molar-refractivity contribution in [3.05, 3.63) is 59.1 Å². The maximum absolute atomic E-state index is 11.9. The molecule has 0 aliphatic carbocycles. The van der Waals surface area contributed by atoms with Gasteiger partial charge in [0.15, 0.2) is 0 Å². The van der Waals surface area contributed by atoms with Gasteiger partial charge in [0.1, 0.15) is 0 Å². The average Bonchev–Trinajstić information content (AvgIpc) is 2.54. The van der Waals surface area contributed by atoms with Crippen LogP contribution in [0.2, 0.25) is 5.02 Å². The molecule has 0 saturated heterocycles. The molecule has 0 atom stereocenters. The highest BCUT2D eigenvalue weighted by Crippen LogP contribution is 2.17. The molecule has 0 fully saturated rings. The molecule has 0 saturated carbocycles. The normalized spacial score (nSPS) is 10.1. The van der Waals surface area contributed by atoms with E-state index in [-0.39, 0.29) is 18.4 Å². The molecule has 2 aromatic rings. The zero-order valence-electron chi connectivity index (χ0n) is 11.9. The minimum Gasteiger partial charge on any atom is -0.343 e. The third kappa shape index (κ3) is 4.51. The largest absolute Gasteiger partial charge is 0.343 e. The molecule has 22 heavy (non-hydrogen) atoms. The van der Waals surface area contributed by atoms with E-state index in [0.29, 0.717) is 16.3 Å². The SMILES string of the molecule is CSc1ccc(NC(=O)CNC(=O)c2ccccc2Cl)cc1. The summed E-state index contributed by atoms with van der Waals surface area (Å²) in [6.07, 6.45) is 1.98. The van der Waals surface area contributed by atoms with Gasteiger partial charge in [0, 0.05) is 10.6 Å². The molecule has 0 aliphatic rings. The van der Waals surface area contributed by atoms with Gasteiger partial charge in [0.2, 0.25) is 5.91 Å². The maximum Gasteiger partial charge on any atom is 0.253 e. The van der Waals surface area contributed by atoms with E-state index in [1.165, 1.54) is 0 Å². The molecule has 0 bridgehead atoms. The fourth-order valence-electron chi connectivity index (χ4n) is 1.78. The summed E-state index contributed by atoms with van der Waals surface area (Å²) >= 11 is 7.56. The smallest absolute Gasteiger partial charge is 0.253 e. The first kappa shape index (κ1) is 16.4. The fourth-order valence-corrected chi connectivity index (χ4v) is 2.41. The van der Waals surface area contributed by atoms with Crippen molar-refractivity contribution in [2.75, 3.05) is 18.1 Å². The summed E-state index contributed by atoms with van der Waals surface area (Å²) in [7, 11) is 0. The molecule has 0 radical (unpaired) electrons. The van der Waals surface area contributed by atoms with Crippen LogP contribution in [0.15, 0.2) is 53.4 Å². The number of carbonyl (C=O) groups is 2. The molecule has 2 aromatic carbocycles. The van der Waals surface area contributed by atoms with Gasteiger partial charge in [-0.15, -0.1) is 11.8 Å². The minimum atomic E-state index is -0.376. The number of benzene rings is 2. The molecule has 6 heteroatoms. The molecular formula is C16H15ClN2O2S. The lowest BCUT2D eigenvalue weighted by atomic mass is 10.2. The summed E-state index contributed by atoms with van der Waals surface area (Å²) in [4.78, 5) is 24.9. The molecule has 0 aromatic heterocycles. The Hall–Kier alpha value is -1.98. The van der Waals surface area contributed by atoms with Crippen molar-refractivity contribution < 1.29 is 9.59 Å². The standard InChI is InChI=1S/C16H15ClN2O2S/c1-22-12-8-6-11(7-9-12)19-15(20)10-18-16(21)13-4-2-3-5-14(13)17/h2-9H,10H2,1H3,(H,18,21)(H,19,20). The third-order valence-electron chi connectivity index (χ3n) is 2.90. The van der Waals surface area contributed by atoms with E-state index >= 15 is 0 Å². The molecular weight excluding hydrogens is 320 g/mol. The van der Waals surface area contributed by atoms with Gasteiger partial charge in [-0.1, -0.05) is 23.7 Å². The predicted molar refractivity (Wildman–Crippen MR) is 90.6 cm³/mol. The van der Waals surface area contributed by atoms with Crippen LogP contribution in [-0.2, 0) is 4.79 Å². The molecule has 114 valence electrons. The van der Waals surface area contributed by atoms with Crippen LogP contribution >= 0.6 is 23.4 Å². The number of hydrogen-bond acceptors (Lipinski definition) is 3. The first-order valence-corrected chi connectivity index (χ1v) is 8.17. The highest BCUT2D eigenvalue weighted by atomic mass is 35.5. The van der Waals surface area contributed by atoms with Gasteiger partial charge in [0.05, 0.1) is 17.1 Å². The summed E-state index contributed by atoms with van der Waals surface area (Å²) in [5.74, 6) is -0.671. The van der Waals surface area contributed by atoms with Crippen LogP contribution in [-0.4, -0.2) is 24.6 Å². The zero-order valence-corrected chi connectivity index (χ0v) is 13.5. The Morgan fingerprint density at radius 3 is 2.41 bits per heavy atom. The van der Waals surface area contributed by atoms with Gasteiger partial charge in [0.25, 0.3) is 5.91 Å². The number of hydrogen-bond donors (Lipinski definition) is 2. The number of amides is 2. The molecule has 0 heterocycles. The lowest BCUT2D eigenvalue weighted by Crippen LogP contribution is -2.32. The Morgan fingerprint density at radius 1 is 1.09 bits per heavy atom. The van der Waals surface area contributed by atoms with Gasteiger partial charge in [-0.3, -0.25) is 9.59 Å². The molecule has 2 rings (SSSR count). The number of halogens is 1. The lowest BCUT2D eigenvalue weighted by Gasteiger charge is -2.08. The average molecular weight is 335 g/mol. The Bertz CT molecular complexity index is 674. The lowest BCUT2D eigenvalue weighted by molar-refractivity contribution is -0.115. The second-order valence-corrected chi connectivity index (χ2v) is 5.73. The molecule has 2 N–H and O–H groups in total. The minimum absolute atomic E-state index is 0.117. The summed E-state index contributed by atoms with van der Waals surface area (Å²) in [6, 6.07) is 14.2. The maximum atomic E-state index is 11.9. The first-order chi connectivity index (χ1) is 10.6. The fraction of sp³-hybridized carbons (Fsp3) is 0.125. The van der Waals surface area contributed by atoms with E-state index in [0.717, 1.165) is 4.90 Å². The van der Waals surface area contributed by atoms with Crippen molar-refractivity contribution in [1.29, 1.82) is 0 Å². The summed E-state index contributed by atoms with van der Waals surface area (Å²) in [5.41, 5.74) is 1.04. The molecule has 2 amide bonds.